The average Bonchev–Trinajstić information content (AvgIpc) is 2.71. The van der Waals surface area contributed by atoms with Crippen LogP contribution < -0.4 is 10.2 Å². The number of hydrogen-bond acceptors (Lipinski definition) is 2. The second-order valence-electron chi connectivity index (χ2n) is 6.74. The third-order valence-corrected chi connectivity index (χ3v) is 4.64. The molecular formula is C24H24N2O2. The van der Waals surface area contributed by atoms with E-state index in [1.807, 2.05) is 69.3 Å². The number of carbonyl (C=O) groups is 2. The molecule has 3 rings (SSSR count). The molecule has 0 unspecified atom stereocenters. The summed E-state index contributed by atoms with van der Waals surface area (Å²) in [6.45, 7) is 6.42. The van der Waals surface area contributed by atoms with Crippen molar-refractivity contribution in [1.82, 2.24) is 0 Å². The van der Waals surface area contributed by atoms with Crippen molar-refractivity contribution in [2.75, 3.05) is 16.8 Å². The van der Waals surface area contributed by atoms with Crippen LogP contribution in [0.1, 0.15) is 38.8 Å². The summed E-state index contributed by atoms with van der Waals surface area (Å²) in [5.41, 5.74) is 4.62. The molecule has 0 radical (unpaired) electrons. The zero-order valence-corrected chi connectivity index (χ0v) is 16.4. The first kappa shape index (κ1) is 19.4. The van der Waals surface area contributed by atoms with E-state index in [1.165, 1.54) is 0 Å². The lowest BCUT2D eigenvalue weighted by atomic mass is 10.1. The second kappa shape index (κ2) is 8.53. The minimum atomic E-state index is -0.195. The molecule has 0 atom stereocenters. The van der Waals surface area contributed by atoms with E-state index in [0.717, 1.165) is 16.8 Å². The van der Waals surface area contributed by atoms with E-state index in [1.54, 1.807) is 29.2 Å². The van der Waals surface area contributed by atoms with Crippen LogP contribution in [0.5, 0.6) is 0 Å². The SMILES string of the molecule is CCN(C(=O)c1ccc(C)c(NC(=O)c2ccccc2)c1)c1cccc(C)c1. The van der Waals surface area contributed by atoms with E-state index in [2.05, 4.69) is 5.32 Å². The fraction of sp³-hybridized carbons (Fsp3) is 0.167. The Morgan fingerprint density at radius 1 is 0.857 bits per heavy atom. The predicted molar refractivity (Wildman–Crippen MR) is 114 cm³/mol. The normalized spacial score (nSPS) is 10.4. The smallest absolute Gasteiger partial charge is 0.258 e. The summed E-state index contributed by atoms with van der Waals surface area (Å²) in [6.07, 6.45) is 0. The van der Waals surface area contributed by atoms with Gasteiger partial charge in [0.1, 0.15) is 0 Å². The van der Waals surface area contributed by atoms with Crippen LogP contribution in [0.4, 0.5) is 11.4 Å². The average molecular weight is 372 g/mol. The fourth-order valence-electron chi connectivity index (χ4n) is 3.07. The first-order chi connectivity index (χ1) is 13.5. The molecule has 0 saturated heterocycles. The molecule has 142 valence electrons. The summed E-state index contributed by atoms with van der Waals surface area (Å²) in [7, 11) is 0. The molecule has 0 aliphatic rings. The molecule has 3 aromatic rings. The Kier molecular flexibility index (Phi) is 5.90. The van der Waals surface area contributed by atoms with Crippen LogP contribution in [0.25, 0.3) is 0 Å². The lowest BCUT2D eigenvalue weighted by Gasteiger charge is -2.22. The number of benzene rings is 3. The highest BCUT2D eigenvalue weighted by atomic mass is 16.2. The molecule has 0 bridgehead atoms. The van der Waals surface area contributed by atoms with E-state index in [9.17, 15) is 9.59 Å². The van der Waals surface area contributed by atoms with Gasteiger partial charge in [0.05, 0.1) is 0 Å². The molecule has 0 aromatic heterocycles. The van der Waals surface area contributed by atoms with Gasteiger partial charge in [-0.25, -0.2) is 0 Å². The minimum absolute atomic E-state index is 0.0942. The van der Waals surface area contributed by atoms with Crippen molar-refractivity contribution in [3.05, 3.63) is 95.1 Å². The number of aryl methyl sites for hydroxylation is 2. The highest BCUT2D eigenvalue weighted by Crippen LogP contribution is 2.22. The van der Waals surface area contributed by atoms with Crippen LogP contribution in [0.3, 0.4) is 0 Å². The van der Waals surface area contributed by atoms with Crippen LogP contribution >= 0.6 is 0 Å². The number of carbonyl (C=O) groups excluding carboxylic acids is 2. The Morgan fingerprint density at radius 2 is 1.61 bits per heavy atom. The maximum atomic E-state index is 13.1. The molecule has 4 heteroatoms. The lowest BCUT2D eigenvalue weighted by Crippen LogP contribution is -2.30. The minimum Gasteiger partial charge on any atom is -0.322 e. The van der Waals surface area contributed by atoms with Crippen molar-refractivity contribution < 1.29 is 9.59 Å². The van der Waals surface area contributed by atoms with Crippen LogP contribution in [0, 0.1) is 13.8 Å². The molecule has 0 heterocycles. The molecule has 3 aromatic carbocycles. The van der Waals surface area contributed by atoms with Gasteiger partial charge in [0.2, 0.25) is 0 Å². The zero-order chi connectivity index (χ0) is 20.1. The maximum Gasteiger partial charge on any atom is 0.258 e. The van der Waals surface area contributed by atoms with Gasteiger partial charge in [-0.1, -0.05) is 36.4 Å². The molecule has 28 heavy (non-hydrogen) atoms. The van der Waals surface area contributed by atoms with Crippen LogP contribution in [0.15, 0.2) is 72.8 Å². The van der Waals surface area contributed by atoms with Crippen molar-refractivity contribution in [3.8, 4) is 0 Å². The van der Waals surface area contributed by atoms with Gasteiger partial charge in [0.25, 0.3) is 11.8 Å². The quantitative estimate of drug-likeness (QED) is 0.667. The van der Waals surface area contributed by atoms with Crippen LogP contribution in [0.2, 0.25) is 0 Å². The molecule has 0 aliphatic heterocycles. The van der Waals surface area contributed by atoms with E-state index in [-0.39, 0.29) is 11.8 Å². The summed E-state index contributed by atoms with van der Waals surface area (Å²) in [5, 5.41) is 2.92. The molecule has 0 aliphatic carbocycles. The Morgan fingerprint density at radius 3 is 2.29 bits per heavy atom. The molecular weight excluding hydrogens is 348 g/mol. The predicted octanol–water partition coefficient (Wildman–Crippen LogP) is 5.22. The van der Waals surface area contributed by atoms with Gasteiger partial charge < -0.3 is 10.2 Å². The Hall–Kier alpha value is -3.40. The Labute approximate surface area is 165 Å². The van der Waals surface area contributed by atoms with Gasteiger partial charge >= 0.3 is 0 Å². The van der Waals surface area contributed by atoms with Crippen LogP contribution in [-0.4, -0.2) is 18.4 Å². The van der Waals surface area contributed by atoms with Crippen molar-refractivity contribution in [1.29, 1.82) is 0 Å². The first-order valence-electron chi connectivity index (χ1n) is 9.35. The van der Waals surface area contributed by atoms with E-state index in [4.69, 9.17) is 0 Å². The zero-order valence-electron chi connectivity index (χ0n) is 16.4. The van der Waals surface area contributed by atoms with Crippen LogP contribution in [-0.2, 0) is 0 Å². The number of rotatable bonds is 5. The highest BCUT2D eigenvalue weighted by Gasteiger charge is 2.18. The molecule has 0 spiro atoms. The number of amides is 2. The standard InChI is InChI=1S/C24H24N2O2/c1-4-26(21-12-8-9-17(2)15-21)24(28)20-14-13-18(3)22(16-20)25-23(27)19-10-6-5-7-11-19/h5-16H,4H2,1-3H3,(H,25,27). The number of nitrogens with zero attached hydrogens (tertiary/aromatic N) is 1. The molecule has 1 N–H and O–H groups in total. The topological polar surface area (TPSA) is 49.4 Å². The summed E-state index contributed by atoms with van der Waals surface area (Å²) >= 11 is 0. The van der Waals surface area contributed by atoms with Crippen molar-refractivity contribution in [3.63, 3.8) is 0 Å². The summed E-state index contributed by atoms with van der Waals surface area (Å²) in [5.74, 6) is -0.289. The van der Waals surface area contributed by atoms with Gasteiger partial charge in [0.15, 0.2) is 0 Å². The fourth-order valence-corrected chi connectivity index (χ4v) is 3.07. The number of hydrogen-bond donors (Lipinski definition) is 1. The highest BCUT2D eigenvalue weighted by molar-refractivity contribution is 6.08. The maximum absolute atomic E-state index is 13.1. The molecule has 2 amide bonds. The second-order valence-corrected chi connectivity index (χ2v) is 6.74. The number of anilines is 2. The number of nitrogens with one attached hydrogen (secondary N) is 1. The summed E-state index contributed by atoms with van der Waals surface area (Å²) in [6, 6.07) is 22.3. The summed E-state index contributed by atoms with van der Waals surface area (Å²) in [4.78, 5) is 27.3. The third kappa shape index (κ3) is 4.29. The third-order valence-electron chi connectivity index (χ3n) is 4.64. The Bertz CT molecular complexity index is 996. The Balaban J connectivity index is 1.87. The summed E-state index contributed by atoms with van der Waals surface area (Å²) < 4.78 is 0. The van der Waals surface area contributed by atoms with Gasteiger partial charge in [-0.2, -0.15) is 0 Å². The van der Waals surface area contributed by atoms with E-state index in [0.29, 0.717) is 23.4 Å². The van der Waals surface area contributed by atoms with Crippen molar-refractivity contribution in [2.45, 2.75) is 20.8 Å². The van der Waals surface area contributed by atoms with E-state index < -0.39 is 0 Å². The first-order valence-corrected chi connectivity index (χ1v) is 9.35. The van der Waals surface area contributed by atoms with Gasteiger partial charge in [-0.05, 0) is 68.3 Å². The molecule has 0 fully saturated rings. The van der Waals surface area contributed by atoms with E-state index >= 15 is 0 Å². The van der Waals surface area contributed by atoms with Gasteiger partial charge in [0, 0.05) is 29.0 Å². The van der Waals surface area contributed by atoms with Crippen molar-refractivity contribution in [2.24, 2.45) is 0 Å². The largest absolute Gasteiger partial charge is 0.322 e. The molecule has 4 nitrogen and oxygen atoms in total. The van der Waals surface area contributed by atoms with Gasteiger partial charge in [-0.3, -0.25) is 9.59 Å². The van der Waals surface area contributed by atoms with Gasteiger partial charge in [-0.15, -0.1) is 0 Å². The molecule has 0 saturated carbocycles. The monoisotopic (exact) mass is 372 g/mol. The van der Waals surface area contributed by atoms with Crippen molar-refractivity contribution >= 4 is 23.2 Å². The lowest BCUT2D eigenvalue weighted by molar-refractivity contribution is 0.0985.